The number of rotatable bonds is 3. The number of carbonyl (C=O) groups is 1. The molecular formula is C14H16N2O2. The number of aliphatic hydroxyl groups excluding tert-OH is 1. The van der Waals surface area contributed by atoms with Gasteiger partial charge in [-0.1, -0.05) is 24.3 Å². The van der Waals surface area contributed by atoms with Crippen LogP contribution in [0.5, 0.6) is 0 Å². The molecule has 0 saturated heterocycles. The lowest BCUT2D eigenvalue weighted by molar-refractivity contribution is 0.0925. The zero-order chi connectivity index (χ0) is 13.1. The number of aliphatic hydroxyl groups is 1. The monoisotopic (exact) mass is 244 g/mol. The van der Waals surface area contributed by atoms with Crippen LogP contribution in [0, 0.1) is 0 Å². The number of benzene rings is 2. The average Bonchev–Trinajstić information content (AvgIpc) is 2.35. The zero-order valence-corrected chi connectivity index (χ0v) is 10.2. The molecule has 0 spiro atoms. The number of nitrogens with one attached hydrogen (secondary N) is 1. The Kier molecular flexibility index (Phi) is 3.48. The predicted molar refractivity (Wildman–Crippen MR) is 72.4 cm³/mol. The number of hydrogen-bond donors (Lipinski definition) is 3. The van der Waals surface area contributed by atoms with Crippen LogP contribution in [0.3, 0.4) is 0 Å². The molecule has 1 atom stereocenters. The molecule has 0 bridgehead atoms. The van der Waals surface area contributed by atoms with Gasteiger partial charge in [-0.2, -0.15) is 0 Å². The quantitative estimate of drug-likeness (QED) is 0.717. The van der Waals surface area contributed by atoms with Crippen molar-refractivity contribution >= 4 is 22.4 Å². The molecule has 4 heteroatoms. The van der Waals surface area contributed by atoms with E-state index in [-0.39, 0.29) is 12.5 Å². The van der Waals surface area contributed by atoms with Gasteiger partial charge in [-0.05, 0) is 29.8 Å². The summed E-state index contributed by atoms with van der Waals surface area (Å²) in [5.74, 6) is -0.265. The van der Waals surface area contributed by atoms with E-state index in [0.29, 0.717) is 11.3 Å². The molecule has 0 aliphatic heterocycles. The Bertz CT molecular complexity index is 579. The fourth-order valence-corrected chi connectivity index (χ4v) is 1.79. The van der Waals surface area contributed by atoms with Gasteiger partial charge in [-0.3, -0.25) is 4.79 Å². The maximum atomic E-state index is 11.9. The van der Waals surface area contributed by atoms with Gasteiger partial charge in [0.1, 0.15) is 0 Å². The molecule has 18 heavy (non-hydrogen) atoms. The Morgan fingerprint density at radius 1 is 1.33 bits per heavy atom. The Morgan fingerprint density at radius 3 is 2.56 bits per heavy atom. The van der Waals surface area contributed by atoms with Gasteiger partial charge in [0, 0.05) is 12.2 Å². The molecule has 0 radical (unpaired) electrons. The van der Waals surface area contributed by atoms with E-state index in [1.165, 1.54) is 0 Å². The first-order chi connectivity index (χ1) is 8.58. The van der Waals surface area contributed by atoms with Gasteiger partial charge in [0.2, 0.25) is 0 Å². The van der Waals surface area contributed by atoms with E-state index in [4.69, 9.17) is 10.8 Å². The summed E-state index contributed by atoms with van der Waals surface area (Å²) >= 11 is 0. The zero-order valence-electron chi connectivity index (χ0n) is 10.2. The highest BCUT2D eigenvalue weighted by molar-refractivity contribution is 6.03. The SMILES string of the molecule is C[C@@H](O)CNC(=O)c1cc2ccccc2cc1N. The molecule has 0 fully saturated rings. The van der Waals surface area contributed by atoms with Crippen LogP contribution in [-0.4, -0.2) is 23.7 Å². The van der Waals surface area contributed by atoms with Crippen molar-refractivity contribution in [2.75, 3.05) is 12.3 Å². The van der Waals surface area contributed by atoms with Gasteiger partial charge >= 0.3 is 0 Å². The topological polar surface area (TPSA) is 75.3 Å². The summed E-state index contributed by atoms with van der Waals surface area (Å²) in [6, 6.07) is 11.3. The highest BCUT2D eigenvalue weighted by atomic mass is 16.3. The van der Waals surface area contributed by atoms with Crippen molar-refractivity contribution in [1.29, 1.82) is 0 Å². The molecule has 0 saturated carbocycles. The Balaban J connectivity index is 2.32. The van der Waals surface area contributed by atoms with E-state index in [9.17, 15) is 4.79 Å². The van der Waals surface area contributed by atoms with Gasteiger partial charge in [0.05, 0.1) is 11.7 Å². The van der Waals surface area contributed by atoms with Crippen LogP contribution in [0.25, 0.3) is 10.8 Å². The Hall–Kier alpha value is -2.07. The van der Waals surface area contributed by atoms with Crippen LogP contribution in [-0.2, 0) is 0 Å². The summed E-state index contributed by atoms with van der Waals surface area (Å²) in [5, 5.41) is 13.7. The third kappa shape index (κ3) is 2.60. The second-order valence-corrected chi connectivity index (χ2v) is 4.35. The summed E-state index contributed by atoms with van der Waals surface area (Å²) in [6.45, 7) is 1.83. The molecule has 2 aromatic rings. The van der Waals surface area contributed by atoms with Gasteiger partial charge in [0.15, 0.2) is 0 Å². The predicted octanol–water partition coefficient (Wildman–Crippen LogP) is 1.53. The van der Waals surface area contributed by atoms with Crippen molar-refractivity contribution < 1.29 is 9.90 Å². The minimum Gasteiger partial charge on any atom is -0.398 e. The van der Waals surface area contributed by atoms with Gasteiger partial charge in [0.25, 0.3) is 5.91 Å². The number of amides is 1. The highest BCUT2D eigenvalue weighted by Gasteiger charge is 2.11. The fourth-order valence-electron chi connectivity index (χ4n) is 1.79. The number of nitrogens with two attached hydrogens (primary N) is 1. The average molecular weight is 244 g/mol. The Labute approximate surface area is 105 Å². The van der Waals surface area contributed by atoms with Crippen LogP contribution in [0.1, 0.15) is 17.3 Å². The molecule has 2 aromatic carbocycles. The molecule has 0 aliphatic carbocycles. The fraction of sp³-hybridized carbons (Fsp3) is 0.214. The maximum Gasteiger partial charge on any atom is 0.253 e. The smallest absolute Gasteiger partial charge is 0.253 e. The van der Waals surface area contributed by atoms with Crippen molar-refractivity contribution in [1.82, 2.24) is 5.32 Å². The standard InChI is InChI=1S/C14H16N2O2/c1-9(17)8-16-14(18)12-6-10-4-2-3-5-11(10)7-13(12)15/h2-7,9,17H,8,15H2,1H3,(H,16,18)/t9-/m1/s1. The molecule has 2 rings (SSSR count). The van der Waals surface area contributed by atoms with Crippen LogP contribution in [0.15, 0.2) is 36.4 Å². The highest BCUT2D eigenvalue weighted by Crippen LogP contribution is 2.21. The van der Waals surface area contributed by atoms with Crippen LogP contribution in [0.4, 0.5) is 5.69 Å². The first-order valence-corrected chi connectivity index (χ1v) is 5.82. The van der Waals surface area contributed by atoms with Crippen molar-refractivity contribution in [3.8, 4) is 0 Å². The molecule has 0 heterocycles. The molecule has 94 valence electrons. The van der Waals surface area contributed by atoms with E-state index in [0.717, 1.165) is 10.8 Å². The summed E-state index contributed by atoms with van der Waals surface area (Å²) in [4.78, 5) is 11.9. The number of nitrogen functional groups attached to an aromatic ring is 1. The van der Waals surface area contributed by atoms with Gasteiger partial charge < -0.3 is 16.2 Å². The van der Waals surface area contributed by atoms with Crippen LogP contribution >= 0.6 is 0 Å². The lowest BCUT2D eigenvalue weighted by atomic mass is 10.0. The molecule has 0 aliphatic rings. The first kappa shape index (κ1) is 12.4. The van der Waals surface area contributed by atoms with E-state index < -0.39 is 6.10 Å². The van der Waals surface area contributed by atoms with Crippen molar-refractivity contribution in [2.45, 2.75) is 13.0 Å². The number of hydrogen-bond acceptors (Lipinski definition) is 3. The van der Waals surface area contributed by atoms with E-state index >= 15 is 0 Å². The lowest BCUT2D eigenvalue weighted by Gasteiger charge is -2.10. The van der Waals surface area contributed by atoms with Gasteiger partial charge in [-0.25, -0.2) is 0 Å². The lowest BCUT2D eigenvalue weighted by Crippen LogP contribution is -2.31. The normalized spacial score (nSPS) is 12.3. The summed E-state index contributed by atoms with van der Waals surface area (Å²) in [5.41, 5.74) is 6.75. The van der Waals surface area contributed by atoms with Gasteiger partial charge in [-0.15, -0.1) is 0 Å². The van der Waals surface area contributed by atoms with Crippen molar-refractivity contribution in [2.24, 2.45) is 0 Å². The van der Waals surface area contributed by atoms with Crippen LogP contribution in [0.2, 0.25) is 0 Å². The Morgan fingerprint density at radius 2 is 1.94 bits per heavy atom. The minimum absolute atomic E-state index is 0.213. The number of carbonyl (C=O) groups excluding carboxylic acids is 1. The van der Waals surface area contributed by atoms with Crippen molar-refractivity contribution in [3.05, 3.63) is 42.0 Å². The minimum atomic E-state index is -0.573. The number of anilines is 1. The molecular weight excluding hydrogens is 228 g/mol. The first-order valence-electron chi connectivity index (χ1n) is 5.82. The van der Waals surface area contributed by atoms with E-state index in [1.54, 1.807) is 19.1 Å². The molecule has 1 amide bonds. The molecule has 4 N–H and O–H groups in total. The second kappa shape index (κ2) is 5.06. The summed E-state index contributed by atoms with van der Waals surface area (Å²) < 4.78 is 0. The molecule has 0 unspecified atom stereocenters. The maximum absolute atomic E-state index is 11.9. The third-order valence-corrected chi connectivity index (χ3v) is 2.72. The molecule has 4 nitrogen and oxygen atoms in total. The van der Waals surface area contributed by atoms with Crippen LogP contribution < -0.4 is 11.1 Å². The summed E-state index contributed by atoms with van der Waals surface area (Å²) in [7, 11) is 0. The molecule has 0 aromatic heterocycles. The largest absolute Gasteiger partial charge is 0.398 e. The second-order valence-electron chi connectivity index (χ2n) is 4.35. The van der Waals surface area contributed by atoms with E-state index in [2.05, 4.69) is 5.32 Å². The van der Waals surface area contributed by atoms with Crippen molar-refractivity contribution in [3.63, 3.8) is 0 Å². The third-order valence-electron chi connectivity index (χ3n) is 2.72. The summed E-state index contributed by atoms with van der Waals surface area (Å²) in [6.07, 6.45) is -0.573. The van der Waals surface area contributed by atoms with E-state index in [1.807, 2.05) is 24.3 Å². The number of fused-ring (bicyclic) bond motifs is 1.